The first kappa shape index (κ1) is 12.2. The second kappa shape index (κ2) is 4.96. The summed E-state index contributed by atoms with van der Waals surface area (Å²) in [5.41, 5.74) is 0. The number of halogens is 1. The lowest BCUT2D eigenvalue weighted by Gasteiger charge is -2.42. The molecule has 0 amide bonds. The minimum Gasteiger partial charge on any atom is -0.298 e. The van der Waals surface area contributed by atoms with E-state index in [2.05, 4.69) is 40.9 Å². The van der Waals surface area contributed by atoms with E-state index in [1.165, 1.54) is 11.3 Å². The zero-order chi connectivity index (χ0) is 11.7. The Labute approximate surface area is 105 Å². The Balaban J connectivity index is 1.96. The second-order valence-electron chi connectivity index (χ2n) is 4.51. The van der Waals surface area contributed by atoms with E-state index < -0.39 is 0 Å². The Hall–Kier alpha value is -0.230. The van der Waals surface area contributed by atoms with Crippen molar-refractivity contribution in [2.75, 3.05) is 20.1 Å². The predicted octanol–water partition coefficient (Wildman–Crippen LogP) is 1.72. The highest BCUT2D eigenvalue weighted by Crippen LogP contribution is 2.19. The average Bonchev–Trinajstić information content (AvgIpc) is 2.60. The minimum atomic E-state index is 0.533. The molecule has 0 aliphatic carbocycles. The molecule has 6 heteroatoms. The molecule has 0 bridgehead atoms. The van der Waals surface area contributed by atoms with Crippen LogP contribution in [0.25, 0.3) is 0 Å². The lowest BCUT2D eigenvalue weighted by molar-refractivity contribution is 0.0555. The summed E-state index contributed by atoms with van der Waals surface area (Å²) in [5, 5.41) is 8.90. The van der Waals surface area contributed by atoms with Crippen molar-refractivity contribution in [1.82, 2.24) is 20.0 Å². The molecule has 4 nitrogen and oxygen atoms in total. The van der Waals surface area contributed by atoms with Gasteiger partial charge in [-0.05, 0) is 32.5 Å². The third-order valence-corrected chi connectivity index (χ3v) is 4.24. The van der Waals surface area contributed by atoms with Crippen molar-refractivity contribution in [3.63, 3.8) is 0 Å². The van der Waals surface area contributed by atoms with Crippen LogP contribution in [-0.2, 0) is 6.54 Å². The van der Waals surface area contributed by atoms with Crippen LogP contribution in [0.3, 0.4) is 0 Å². The van der Waals surface area contributed by atoms with Crippen LogP contribution in [0.5, 0.6) is 0 Å². The standard InChI is InChI=1S/C10H17ClN4S/c1-7-4-15(5-8(2)14(7)3)6-9-12-13-10(11)16-9/h7-8H,4-6H2,1-3H3. The van der Waals surface area contributed by atoms with Gasteiger partial charge in [0.05, 0.1) is 6.54 Å². The third-order valence-electron chi connectivity index (χ3n) is 3.24. The molecule has 1 aliphatic heterocycles. The van der Waals surface area contributed by atoms with Gasteiger partial charge in [0.25, 0.3) is 0 Å². The van der Waals surface area contributed by atoms with Crippen molar-refractivity contribution in [3.05, 3.63) is 9.47 Å². The first-order valence-corrected chi connectivity index (χ1v) is 6.68. The van der Waals surface area contributed by atoms with E-state index in [-0.39, 0.29) is 0 Å². The van der Waals surface area contributed by atoms with Gasteiger partial charge in [0.1, 0.15) is 5.01 Å². The molecule has 90 valence electrons. The van der Waals surface area contributed by atoms with Crippen LogP contribution < -0.4 is 0 Å². The highest BCUT2D eigenvalue weighted by Gasteiger charge is 2.26. The van der Waals surface area contributed by atoms with E-state index in [0.29, 0.717) is 16.6 Å². The zero-order valence-electron chi connectivity index (χ0n) is 9.85. The summed E-state index contributed by atoms with van der Waals surface area (Å²) in [6, 6.07) is 1.18. The Morgan fingerprint density at radius 3 is 2.44 bits per heavy atom. The van der Waals surface area contributed by atoms with E-state index in [1.807, 2.05) is 0 Å². The minimum absolute atomic E-state index is 0.533. The number of hydrogen-bond donors (Lipinski definition) is 0. The van der Waals surface area contributed by atoms with Crippen LogP contribution in [0, 0.1) is 0 Å². The quantitative estimate of drug-likeness (QED) is 0.811. The van der Waals surface area contributed by atoms with Gasteiger partial charge in [-0.2, -0.15) is 0 Å². The Bertz CT molecular complexity index is 344. The van der Waals surface area contributed by atoms with E-state index in [4.69, 9.17) is 11.6 Å². The number of likely N-dealkylation sites (N-methyl/N-ethyl adjacent to an activating group) is 1. The summed E-state index contributed by atoms with van der Waals surface area (Å²) in [4.78, 5) is 4.84. The highest BCUT2D eigenvalue weighted by atomic mass is 35.5. The van der Waals surface area contributed by atoms with Crippen molar-refractivity contribution in [2.24, 2.45) is 0 Å². The molecule has 1 aromatic heterocycles. The van der Waals surface area contributed by atoms with Crippen LogP contribution >= 0.6 is 22.9 Å². The van der Waals surface area contributed by atoms with E-state index >= 15 is 0 Å². The van der Waals surface area contributed by atoms with Gasteiger partial charge in [-0.15, -0.1) is 10.2 Å². The molecule has 0 N–H and O–H groups in total. The molecule has 0 radical (unpaired) electrons. The summed E-state index contributed by atoms with van der Waals surface area (Å²) in [7, 11) is 2.19. The van der Waals surface area contributed by atoms with Crippen molar-refractivity contribution < 1.29 is 0 Å². The van der Waals surface area contributed by atoms with Gasteiger partial charge >= 0.3 is 0 Å². The van der Waals surface area contributed by atoms with Crippen molar-refractivity contribution in [2.45, 2.75) is 32.5 Å². The van der Waals surface area contributed by atoms with Crippen LogP contribution in [0.1, 0.15) is 18.9 Å². The summed E-state index contributed by atoms with van der Waals surface area (Å²) >= 11 is 7.25. The number of hydrogen-bond acceptors (Lipinski definition) is 5. The smallest absolute Gasteiger partial charge is 0.207 e. The molecular formula is C10H17ClN4S. The molecule has 0 spiro atoms. The normalized spacial score (nSPS) is 28.5. The van der Waals surface area contributed by atoms with Crippen molar-refractivity contribution >= 4 is 22.9 Å². The maximum absolute atomic E-state index is 5.78. The first-order chi connectivity index (χ1) is 7.56. The molecule has 0 aromatic carbocycles. The molecule has 1 saturated heterocycles. The predicted molar refractivity (Wildman–Crippen MR) is 66.9 cm³/mol. The fraction of sp³-hybridized carbons (Fsp3) is 0.800. The van der Waals surface area contributed by atoms with Crippen LogP contribution in [0.2, 0.25) is 4.47 Å². The fourth-order valence-electron chi connectivity index (χ4n) is 2.13. The van der Waals surface area contributed by atoms with Gasteiger partial charge in [-0.25, -0.2) is 0 Å². The molecule has 2 atom stereocenters. The number of piperazine rings is 1. The zero-order valence-corrected chi connectivity index (χ0v) is 11.4. The molecule has 1 fully saturated rings. The van der Waals surface area contributed by atoms with Crippen LogP contribution in [-0.4, -0.2) is 52.2 Å². The number of rotatable bonds is 2. The van der Waals surface area contributed by atoms with Gasteiger partial charge in [0.2, 0.25) is 4.47 Å². The Kier molecular flexibility index (Phi) is 3.79. The summed E-state index contributed by atoms with van der Waals surface area (Å²) < 4.78 is 0.533. The summed E-state index contributed by atoms with van der Waals surface area (Å²) in [6.07, 6.45) is 0. The maximum atomic E-state index is 5.78. The SMILES string of the molecule is CC1CN(Cc2nnc(Cl)s2)CC(C)N1C. The maximum Gasteiger partial charge on any atom is 0.207 e. The third kappa shape index (κ3) is 2.71. The van der Waals surface area contributed by atoms with Gasteiger partial charge < -0.3 is 0 Å². The number of aromatic nitrogens is 2. The lowest BCUT2D eigenvalue weighted by Crippen LogP contribution is -2.54. The van der Waals surface area contributed by atoms with Gasteiger partial charge in [-0.1, -0.05) is 11.3 Å². The Morgan fingerprint density at radius 2 is 1.94 bits per heavy atom. The van der Waals surface area contributed by atoms with Gasteiger partial charge in [0.15, 0.2) is 0 Å². The van der Waals surface area contributed by atoms with E-state index in [9.17, 15) is 0 Å². The second-order valence-corrected chi connectivity index (χ2v) is 6.15. The van der Waals surface area contributed by atoms with Gasteiger partial charge in [-0.3, -0.25) is 9.80 Å². The molecule has 1 aliphatic rings. The molecular weight excluding hydrogens is 244 g/mol. The molecule has 16 heavy (non-hydrogen) atoms. The highest BCUT2D eigenvalue weighted by molar-refractivity contribution is 7.15. The summed E-state index contributed by atoms with van der Waals surface area (Å²) in [6.45, 7) is 7.55. The largest absolute Gasteiger partial charge is 0.298 e. The molecule has 1 aromatic rings. The van der Waals surface area contributed by atoms with Crippen molar-refractivity contribution in [3.8, 4) is 0 Å². The number of nitrogens with zero attached hydrogens (tertiary/aromatic N) is 4. The van der Waals surface area contributed by atoms with E-state index in [1.54, 1.807) is 0 Å². The van der Waals surface area contributed by atoms with Crippen LogP contribution in [0.15, 0.2) is 0 Å². The molecule has 0 saturated carbocycles. The lowest BCUT2D eigenvalue weighted by atomic mass is 10.1. The monoisotopic (exact) mass is 260 g/mol. The average molecular weight is 261 g/mol. The Morgan fingerprint density at radius 1 is 1.31 bits per heavy atom. The van der Waals surface area contributed by atoms with Crippen LogP contribution in [0.4, 0.5) is 0 Å². The van der Waals surface area contributed by atoms with Gasteiger partial charge in [0, 0.05) is 25.2 Å². The topological polar surface area (TPSA) is 32.3 Å². The van der Waals surface area contributed by atoms with Crippen molar-refractivity contribution in [1.29, 1.82) is 0 Å². The summed E-state index contributed by atoms with van der Waals surface area (Å²) in [5.74, 6) is 0. The molecule has 2 heterocycles. The molecule has 2 rings (SSSR count). The fourth-order valence-corrected chi connectivity index (χ4v) is 3.04. The van der Waals surface area contributed by atoms with E-state index in [0.717, 1.165) is 24.6 Å². The molecule has 2 unspecified atom stereocenters. The first-order valence-electron chi connectivity index (χ1n) is 5.48.